The number of ether oxygens (including phenoxy) is 1. The maximum Gasteiger partial charge on any atom is 0.272 e. The third-order valence-electron chi connectivity index (χ3n) is 5.72. The van der Waals surface area contributed by atoms with Gasteiger partial charge in [-0.25, -0.2) is 0 Å². The maximum absolute atomic E-state index is 13.0. The van der Waals surface area contributed by atoms with E-state index in [9.17, 15) is 9.59 Å². The van der Waals surface area contributed by atoms with Gasteiger partial charge in [0.25, 0.3) is 5.91 Å². The van der Waals surface area contributed by atoms with E-state index in [-0.39, 0.29) is 17.9 Å². The number of piperidine rings is 1. The molecule has 0 spiro atoms. The third-order valence-corrected chi connectivity index (χ3v) is 5.72. The first kappa shape index (κ1) is 18.5. The van der Waals surface area contributed by atoms with E-state index in [1.54, 1.807) is 19.4 Å². The van der Waals surface area contributed by atoms with Gasteiger partial charge in [-0.05, 0) is 48.6 Å². The minimum Gasteiger partial charge on any atom is -0.497 e. The van der Waals surface area contributed by atoms with E-state index in [1.165, 1.54) is 0 Å². The van der Waals surface area contributed by atoms with Crippen molar-refractivity contribution in [3.8, 4) is 5.75 Å². The summed E-state index contributed by atoms with van der Waals surface area (Å²) >= 11 is 0. The highest BCUT2D eigenvalue weighted by molar-refractivity contribution is 5.92. The maximum atomic E-state index is 13.0. The fraction of sp³-hybridized carbons (Fsp3) is 0.409. The van der Waals surface area contributed by atoms with E-state index in [2.05, 4.69) is 4.98 Å². The van der Waals surface area contributed by atoms with Crippen LogP contribution in [0.3, 0.4) is 0 Å². The number of hydrogen-bond acceptors (Lipinski definition) is 4. The highest BCUT2D eigenvalue weighted by atomic mass is 16.5. The smallest absolute Gasteiger partial charge is 0.272 e. The Labute approximate surface area is 165 Å². The van der Waals surface area contributed by atoms with Crippen molar-refractivity contribution in [2.24, 2.45) is 5.92 Å². The summed E-state index contributed by atoms with van der Waals surface area (Å²) in [6, 6.07) is 13.1. The van der Waals surface area contributed by atoms with E-state index in [4.69, 9.17) is 4.74 Å². The second-order valence-electron chi connectivity index (χ2n) is 7.59. The molecule has 2 unspecified atom stereocenters. The first-order chi connectivity index (χ1) is 13.6. The lowest BCUT2D eigenvalue weighted by atomic mass is 9.94. The summed E-state index contributed by atoms with van der Waals surface area (Å²) in [5.74, 6) is 1.20. The molecular weight excluding hydrogens is 354 g/mol. The van der Waals surface area contributed by atoms with Crippen LogP contribution < -0.4 is 4.74 Å². The van der Waals surface area contributed by atoms with Gasteiger partial charge in [0.05, 0.1) is 13.5 Å². The van der Waals surface area contributed by atoms with Gasteiger partial charge in [0.2, 0.25) is 5.91 Å². The summed E-state index contributed by atoms with van der Waals surface area (Å²) in [5, 5.41) is 0. The van der Waals surface area contributed by atoms with Gasteiger partial charge >= 0.3 is 0 Å². The Morgan fingerprint density at radius 3 is 2.61 bits per heavy atom. The first-order valence-corrected chi connectivity index (χ1v) is 9.76. The van der Waals surface area contributed by atoms with Crippen molar-refractivity contribution in [1.82, 2.24) is 14.8 Å². The number of rotatable bonds is 4. The lowest BCUT2D eigenvalue weighted by Gasteiger charge is -2.36. The molecule has 3 fully saturated rings. The molecule has 2 amide bonds. The van der Waals surface area contributed by atoms with E-state index in [0.29, 0.717) is 31.1 Å². The molecule has 6 nitrogen and oxygen atoms in total. The Kier molecular flexibility index (Phi) is 5.28. The molecular formula is C22H25N3O3. The zero-order valence-electron chi connectivity index (χ0n) is 16.1. The highest BCUT2D eigenvalue weighted by Gasteiger charge is 2.38. The molecule has 3 aliphatic rings. The molecule has 0 saturated carbocycles. The van der Waals surface area contributed by atoms with Gasteiger partial charge in [0, 0.05) is 31.9 Å². The van der Waals surface area contributed by atoms with Crippen molar-refractivity contribution in [2.45, 2.75) is 25.3 Å². The standard InChI is InChI=1S/C22H25N3O3/c1-28-19-9-6-16(7-10-19)12-21(26)25-14-17-5-8-18(25)15-24(13-17)22(27)20-4-2-3-11-23-20/h2-4,6-7,9-11,17-18H,5,8,12-15H2,1H3. The number of nitrogens with zero attached hydrogens (tertiary/aromatic N) is 3. The molecule has 1 aromatic carbocycles. The summed E-state index contributed by atoms with van der Waals surface area (Å²) in [7, 11) is 1.63. The molecule has 0 aliphatic carbocycles. The average Bonchev–Trinajstić information content (AvgIpc) is 3.06. The summed E-state index contributed by atoms with van der Waals surface area (Å²) in [4.78, 5) is 33.9. The van der Waals surface area contributed by atoms with Crippen LogP contribution in [0.2, 0.25) is 0 Å². The molecule has 28 heavy (non-hydrogen) atoms. The predicted molar refractivity (Wildman–Crippen MR) is 105 cm³/mol. The van der Waals surface area contributed by atoms with Crippen molar-refractivity contribution in [3.05, 3.63) is 59.9 Å². The molecule has 5 rings (SSSR count). The Morgan fingerprint density at radius 1 is 1.07 bits per heavy atom. The normalized spacial score (nSPS) is 21.3. The Bertz CT molecular complexity index is 838. The average molecular weight is 379 g/mol. The largest absolute Gasteiger partial charge is 0.497 e. The van der Waals surface area contributed by atoms with Crippen LogP contribution in [-0.4, -0.2) is 59.4 Å². The minimum atomic E-state index is -0.0399. The number of amides is 2. The van der Waals surface area contributed by atoms with Gasteiger partial charge in [0.1, 0.15) is 11.4 Å². The quantitative estimate of drug-likeness (QED) is 0.818. The van der Waals surface area contributed by atoms with E-state index >= 15 is 0 Å². The summed E-state index contributed by atoms with van der Waals surface area (Å²) in [5.41, 5.74) is 1.45. The van der Waals surface area contributed by atoms with Gasteiger partial charge in [-0.3, -0.25) is 14.6 Å². The summed E-state index contributed by atoms with van der Waals surface area (Å²) < 4.78 is 5.18. The monoisotopic (exact) mass is 379 g/mol. The van der Waals surface area contributed by atoms with Crippen molar-refractivity contribution < 1.29 is 14.3 Å². The third kappa shape index (κ3) is 3.86. The second-order valence-corrected chi connectivity index (χ2v) is 7.59. The van der Waals surface area contributed by atoms with Crippen molar-refractivity contribution >= 4 is 11.8 Å². The number of hydrogen-bond donors (Lipinski definition) is 0. The predicted octanol–water partition coefficient (Wildman–Crippen LogP) is 2.40. The summed E-state index contributed by atoms with van der Waals surface area (Å²) in [6.45, 7) is 2.00. The van der Waals surface area contributed by atoms with Crippen LogP contribution in [0.5, 0.6) is 5.75 Å². The van der Waals surface area contributed by atoms with Gasteiger partial charge in [0.15, 0.2) is 0 Å². The number of benzene rings is 1. The molecule has 3 saturated heterocycles. The molecule has 3 aliphatic heterocycles. The van der Waals surface area contributed by atoms with Gasteiger partial charge in [-0.15, -0.1) is 0 Å². The van der Waals surface area contributed by atoms with Crippen molar-refractivity contribution in [2.75, 3.05) is 26.7 Å². The van der Waals surface area contributed by atoms with Crippen LogP contribution in [0, 0.1) is 5.92 Å². The van der Waals surface area contributed by atoms with Crippen LogP contribution in [0.1, 0.15) is 28.9 Å². The molecule has 4 heterocycles. The van der Waals surface area contributed by atoms with Gasteiger partial charge in [-0.1, -0.05) is 18.2 Å². The van der Waals surface area contributed by atoms with Gasteiger partial charge in [-0.2, -0.15) is 0 Å². The topological polar surface area (TPSA) is 62.7 Å². The van der Waals surface area contributed by atoms with Crippen LogP contribution in [0.15, 0.2) is 48.7 Å². The minimum absolute atomic E-state index is 0.0399. The van der Waals surface area contributed by atoms with Crippen LogP contribution in [-0.2, 0) is 11.2 Å². The van der Waals surface area contributed by atoms with E-state index in [0.717, 1.165) is 30.7 Å². The molecule has 2 bridgehead atoms. The van der Waals surface area contributed by atoms with Crippen molar-refractivity contribution in [1.29, 1.82) is 0 Å². The summed E-state index contributed by atoms with van der Waals surface area (Å²) in [6.07, 6.45) is 4.03. The Balaban J connectivity index is 1.45. The molecule has 2 atom stereocenters. The van der Waals surface area contributed by atoms with Gasteiger partial charge < -0.3 is 14.5 Å². The number of pyridine rings is 1. The lowest BCUT2D eigenvalue weighted by molar-refractivity contribution is -0.134. The molecule has 0 radical (unpaired) electrons. The van der Waals surface area contributed by atoms with E-state index in [1.807, 2.05) is 46.2 Å². The number of fused-ring (bicyclic) bond motifs is 4. The zero-order valence-corrected chi connectivity index (χ0v) is 16.1. The molecule has 1 aromatic heterocycles. The van der Waals surface area contributed by atoms with Crippen LogP contribution >= 0.6 is 0 Å². The van der Waals surface area contributed by atoms with Crippen LogP contribution in [0.25, 0.3) is 0 Å². The Hall–Kier alpha value is -2.89. The fourth-order valence-corrected chi connectivity index (χ4v) is 4.22. The number of carbonyl (C=O) groups excluding carboxylic acids is 2. The second kappa shape index (κ2) is 8.00. The SMILES string of the molecule is COc1ccc(CC(=O)N2CC3CCC2CN(C(=O)c2ccccn2)C3)cc1. The molecule has 2 aromatic rings. The number of carbonyl (C=O) groups is 2. The first-order valence-electron chi connectivity index (χ1n) is 9.76. The van der Waals surface area contributed by atoms with E-state index < -0.39 is 0 Å². The Morgan fingerprint density at radius 2 is 1.89 bits per heavy atom. The lowest BCUT2D eigenvalue weighted by Crippen LogP contribution is -2.48. The van der Waals surface area contributed by atoms with Crippen molar-refractivity contribution in [3.63, 3.8) is 0 Å². The van der Waals surface area contributed by atoms with Crippen LogP contribution in [0.4, 0.5) is 0 Å². The zero-order chi connectivity index (χ0) is 19.5. The molecule has 6 heteroatoms. The number of methoxy groups -OCH3 is 1. The fourth-order valence-electron chi connectivity index (χ4n) is 4.22. The molecule has 0 N–H and O–H groups in total. The number of aromatic nitrogens is 1. The molecule has 146 valence electrons. The highest BCUT2D eigenvalue weighted by Crippen LogP contribution is 2.29.